The van der Waals surface area contributed by atoms with E-state index in [9.17, 15) is 19.5 Å². The van der Waals surface area contributed by atoms with Crippen LogP contribution in [0.25, 0.3) is 43.4 Å². The summed E-state index contributed by atoms with van der Waals surface area (Å²) in [4.78, 5) is 69.2. The number of piperazine rings is 2. The van der Waals surface area contributed by atoms with Gasteiger partial charge in [-0.25, -0.2) is 13.8 Å². The number of halogens is 2. The van der Waals surface area contributed by atoms with E-state index in [-0.39, 0.29) is 57.2 Å². The van der Waals surface area contributed by atoms with E-state index in [1.165, 1.54) is 24.3 Å². The molecular formula is C62H75F2N11O5S. The van der Waals surface area contributed by atoms with E-state index >= 15 is 8.78 Å². The summed E-state index contributed by atoms with van der Waals surface area (Å²) < 4.78 is 38.2. The van der Waals surface area contributed by atoms with Gasteiger partial charge in [-0.1, -0.05) is 76.3 Å². The number of carbonyl (C=O) groups excluding carboxylic acids is 3. The Bertz CT molecular complexity index is 3270. The van der Waals surface area contributed by atoms with Crippen LogP contribution in [-0.2, 0) is 20.9 Å². The van der Waals surface area contributed by atoms with Gasteiger partial charge < -0.3 is 45.4 Å². The SMILES string of the molecule is C#Cc1c(F)ccc2cc(O)cc(-c3ncc4c(N5CC6CCC(C5)N6)nc(OCCCN5CCN(CCCCCCCC(=O)NC(C(=O)N6CCC[C@H]6C(=O)NCc6ccc(-c7scnc7C)cc6)C(C)(C)C)CC5)nc4c3F)c12. The zero-order chi connectivity index (χ0) is 56.8. The minimum absolute atomic E-state index is 0.0215. The lowest BCUT2D eigenvalue weighted by Crippen LogP contribution is -2.57. The first-order chi connectivity index (χ1) is 39.1. The molecule has 4 atom stereocenters. The van der Waals surface area contributed by atoms with Gasteiger partial charge in [-0.2, -0.15) is 9.97 Å². The van der Waals surface area contributed by atoms with E-state index in [0.717, 1.165) is 119 Å². The fourth-order valence-corrected chi connectivity index (χ4v) is 12.9. The molecule has 0 saturated carbocycles. The number of phenols is 1. The average Bonchev–Trinajstić information content (AvgIpc) is 4.30. The molecule has 3 amide bonds. The number of phenolic OH excluding ortho intramolecular Hbond substituents is 1. The van der Waals surface area contributed by atoms with Crippen LogP contribution in [0.3, 0.4) is 0 Å². The summed E-state index contributed by atoms with van der Waals surface area (Å²) in [7, 11) is 0. The summed E-state index contributed by atoms with van der Waals surface area (Å²) >= 11 is 1.60. The Balaban J connectivity index is 0.644. The second-order valence-electron chi connectivity index (χ2n) is 23.4. The van der Waals surface area contributed by atoms with E-state index < -0.39 is 29.1 Å². The number of terminal acetylenes is 1. The van der Waals surface area contributed by atoms with Crippen molar-refractivity contribution in [2.75, 3.05) is 70.4 Å². The molecule has 3 aromatic carbocycles. The number of nitrogens with one attached hydrogen (secondary N) is 3. The van der Waals surface area contributed by atoms with Crippen molar-refractivity contribution in [1.29, 1.82) is 0 Å². The third-order valence-corrected chi connectivity index (χ3v) is 17.5. The van der Waals surface area contributed by atoms with Crippen LogP contribution >= 0.6 is 11.3 Å². The zero-order valence-electron chi connectivity index (χ0n) is 47.0. The predicted octanol–water partition coefficient (Wildman–Crippen LogP) is 8.75. The number of fused-ring (bicyclic) bond motifs is 4. The van der Waals surface area contributed by atoms with Crippen molar-refractivity contribution < 1.29 is 33.0 Å². The van der Waals surface area contributed by atoms with Gasteiger partial charge in [-0.05, 0) is 98.5 Å². The third-order valence-electron chi connectivity index (χ3n) is 16.5. The Labute approximate surface area is 477 Å². The maximum atomic E-state index is 17.0. The number of nitrogens with zero attached hydrogens (tertiary/aromatic N) is 8. The molecule has 428 valence electrons. The number of aryl methyl sites for hydroxylation is 1. The van der Waals surface area contributed by atoms with Crippen molar-refractivity contribution in [2.45, 2.75) is 129 Å². The van der Waals surface area contributed by atoms with Gasteiger partial charge in [0.05, 0.1) is 33.6 Å². The van der Waals surface area contributed by atoms with Gasteiger partial charge in [0.1, 0.15) is 40.7 Å². The maximum Gasteiger partial charge on any atom is 0.319 e. The number of amides is 3. The number of hydrogen-bond donors (Lipinski definition) is 4. The minimum atomic E-state index is -0.744. The number of hydrogen-bond acceptors (Lipinski definition) is 14. The topological polar surface area (TPSA) is 181 Å². The Morgan fingerprint density at radius 2 is 1.62 bits per heavy atom. The lowest BCUT2D eigenvalue weighted by atomic mass is 9.85. The van der Waals surface area contributed by atoms with Crippen LogP contribution in [0.2, 0.25) is 0 Å². The van der Waals surface area contributed by atoms with Crippen molar-refractivity contribution in [3.63, 3.8) is 0 Å². The molecule has 0 aliphatic carbocycles. The highest BCUT2D eigenvalue weighted by molar-refractivity contribution is 7.13. The van der Waals surface area contributed by atoms with Crippen molar-refractivity contribution in [1.82, 2.24) is 50.6 Å². The second kappa shape index (κ2) is 25.5. The van der Waals surface area contributed by atoms with Crippen LogP contribution < -0.4 is 25.6 Å². The quantitative estimate of drug-likeness (QED) is 0.0397. The number of ether oxygens (including phenoxy) is 1. The highest BCUT2D eigenvalue weighted by Crippen LogP contribution is 2.40. The van der Waals surface area contributed by atoms with Crippen LogP contribution in [0.15, 0.2) is 60.2 Å². The molecule has 7 heterocycles. The van der Waals surface area contributed by atoms with E-state index in [2.05, 4.69) is 51.5 Å². The first kappa shape index (κ1) is 57.4. The standard InChI is InChI=1S/C62H75F2N11O5S/c1-6-46-49(63)23-20-42-32-45(76)33-47(52(42)46)54-53(64)55-48(35-65-54)58(74-36-43-21-22-44(37-74)68-43)71-61(70-55)80-31-13-25-73-29-27-72(28-30-73)24-11-9-7-8-10-15-51(77)69-57(62(3,4)5)60(79)75-26-12-14-50(75)59(78)66-34-40-16-18-41(19-17-40)56-39(2)67-38-81-56/h1,16-20,23,32-33,35,38,43-44,50,57,68,76H,7-15,21-22,24-31,34,36-37H2,2-5H3,(H,66,78)(H,69,77)/t43?,44?,50-,57?/m0/s1. The second-order valence-corrected chi connectivity index (χ2v) is 24.2. The van der Waals surface area contributed by atoms with Crippen LogP contribution in [-0.4, -0.2) is 147 Å². The monoisotopic (exact) mass is 1120 g/mol. The summed E-state index contributed by atoms with van der Waals surface area (Å²) in [6.07, 6.45) is 16.6. The summed E-state index contributed by atoms with van der Waals surface area (Å²) in [5.41, 5.74) is 4.38. The number of carbonyl (C=O) groups is 3. The fraction of sp³-hybridized carbons (Fsp3) is 0.500. The van der Waals surface area contributed by atoms with Gasteiger partial charge >= 0.3 is 6.01 Å². The van der Waals surface area contributed by atoms with Crippen LogP contribution in [0.5, 0.6) is 11.8 Å². The molecule has 4 N–H and O–H groups in total. The van der Waals surface area contributed by atoms with Crippen molar-refractivity contribution in [3.05, 3.63) is 88.7 Å². The van der Waals surface area contributed by atoms with E-state index in [4.69, 9.17) is 16.1 Å². The molecule has 3 aromatic heterocycles. The molecule has 16 nitrogen and oxygen atoms in total. The molecule has 3 unspecified atom stereocenters. The van der Waals surface area contributed by atoms with E-state index in [1.807, 2.05) is 57.5 Å². The first-order valence-corrected chi connectivity index (χ1v) is 29.7. The number of rotatable bonds is 21. The smallest absolute Gasteiger partial charge is 0.319 e. The van der Waals surface area contributed by atoms with Crippen LogP contribution in [0.4, 0.5) is 14.6 Å². The molecule has 4 fully saturated rings. The Kier molecular flexibility index (Phi) is 18.1. The van der Waals surface area contributed by atoms with Crippen LogP contribution in [0, 0.1) is 36.3 Å². The Morgan fingerprint density at radius 1 is 0.901 bits per heavy atom. The number of benzene rings is 3. The molecule has 81 heavy (non-hydrogen) atoms. The summed E-state index contributed by atoms with van der Waals surface area (Å²) in [6.45, 7) is 16.1. The number of unbranched alkanes of at least 4 members (excludes halogenated alkanes) is 4. The lowest BCUT2D eigenvalue weighted by Gasteiger charge is -2.35. The van der Waals surface area contributed by atoms with Crippen molar-refractivity contribution in [3.8, 4) is 45.8 Å². The average molecular weight is 1120 g/mol. The molecule has 10 rings (SSSR count). The fourth-order valence-electron chi connectivity index (χ4n) is 12.1. The Morgan fingerprint density at radius 3 is 2.32 bits per heavy atom. The molecule has 0 spiro atoms. The van der Waals surface area contributed by atoms with E-state index in [1.54, 1.807) is 22.4 Å². The maximum absolute atomic E-state index is 17.0. The predicted molar refractivity (Wildman–Crippen MR) is 313 cm³/mol. The van der Waals surface area contributed by atoms with Gasteiger partial charge in [0, 0.05) is 94.6 Å². The number of thiazole rings is 1. The van der Waals surface area contributed by atoms with Gasteiger partial charge in [0.25, 0.3) is 0 Å². The molecule has 0 radical (unpaired) electrons. The largest absolute Gasteiger partial charge is 0.508 e. The number of likely N-dealkylation sites (tertiary alicyclic amines) is 1. The first-order valence-electron chi connectivity index (χ1n) is 28.9. The van der Waals surface area contributed by atoms with Gasteiger partial charge in [-0.3, -0.25) is 19.4 Å². The summed E-state index contributed by atoms with van der Waals surface area (Å²) in [5, 5.41) is 21.6. The molecule has 2 bridgehead atoms. The van der Waals surface area contributed by atoms with Gasteiger partial charge in [0.15, 0.2) is 5.82 Å². The van der Waals surface area contributed by atoms with Crippen molar-refractivity contribution in [2.24, 2.45) is 5.41 Å². The molecule has 4 aliphatic rings. The highest BCUT2D eigenvalue weighted by atomic mass is 32.1. The lowest BCUT2D eigenvalue weighted by molar-refractivity contribution is -0.143. The molecule has 4 aliphatic heterocycles. The van der Waals surface area contributed by atoms with E-state index in [0.29, 0.717) is 74.3 Å². The molecule has 6 aromatic rings. The van der Waals surface area contributed by atoms with Gasteiger partial charge in [-0.15, -0.1) is 17.8 Å². The van der Waals surface area contributed by atoms with Gasteiger partial charge in [0.2, 0.25) is 17.7 Å². The zero-order valence-corrected chi connectivity index (χ0v) is 47.9. The molecular weight excluding hydrogens is 1050 g/mol. The number of pyridine rings is 1. The minimum Gasteiger partial charge on any atom is -0.508 e. The number of anilines is 1. The summed E-state index contributed by atoms with van der Waals surface area (Å²) in [6, 6.07) is 13.0. The molecule has 19 heteroatoms. The summed E-state index contributed by atoms with van der Waals surface area (Å²) in [5.74, 6) is 0.918. The normalized spacial score (nSPS) is 19.0. The highest BCUT2D eigenvalue weighted by Gasteiger charge is 2.42. The molecule has 4 saturated heterocycles. The Hall–Kier alpha value is -6.85. The van der Waals surface area contributed by atoms with Crippen LogP contribution in [0.1, 0.15) is 108 Å². The number of aromatic hydroxyl groups is 1. The third kappa shape index (κ3) is 13.4. The number of aromatic nitrogens is 4. The van der Waals surface area contributed by atoms with Crippen molar-refractivity contribution >= 4 is 56.6 Å².